The van der Waals surface area contributed by atoms with Crippen molar-refractivity contribution in [3.8, 4) is 0 Å². The molecular formula is C18H27NO4. The highest BCUT2D eigenvalue weighted by Gasteiger charge is 2.53. The maximum absolute atomic E-state index is 12.6. The fourth-order valence-electron chi connectivity index (χ4n) is 2.35. The number of benzene rings is 1. The Morgan fingerprint density at radius 1 is 1.22 bits per heavy atom. The first-order chi connectivity index (χ1) is 10.9. The van der Waals surface area contributed by atoms with Crippen LogP contribution in [0.3, 0.4) is 0 Å². The summed E-state index contributed by atoms with van der Waals surface area (Å²) in [7, 11) is 4.67. The molecule has 0 bridgehead atoms. The van der Waals surface area contributed by atoms with E-state index in [1.807, 2.05) is 37.3 Å². The average Bonchev–Trinajstić information content (AvgIpc) is 3.42. The molecule has 0 unspecified atom stereocenters. The van der Waals surface area contributed by atoms with Gasteiger partial charge in [0.2, 0.25) is 5.91 Å². The minimum Gasteiger partial charge on any atom is -0.467 e. The van der Waals surface area contributed by atoms with Crippen molar-refractivity contribution >= 4 is 11.9 Å². The Labute approximate surface area is 138 Å². The van der Waals surface area contributed by atoms with Crippen molar-refractivity contribution in [1.82, 2.24) is 4.90 Å². The number of carbonyl (C=O) groups is 2. The molecule has 1 fully saturated rings. The van der Waals surface area contributed by atoms with Gasteiger partial charge in [-0.1, -0.05) is 30.3 Å². The predicted molar refractivity (Wildman–Crippen MR) is 89.2 cm³/mol. The highest BCUT2D eigenvalue weighted by Crippen LogP contribution is 2.49. The van der Waals surface area contributed by atoms with Gasteiger partial charge in [-0.15, -0.1) is 0 Å². The Bertz CT molecular complexity index is 509. The predicted octanol–water partition coefficient (Wildman–Crippen LogP) is 2.39. The largest absolute Gasteiger partial charge is 0.467 e. The first kappa shape index (κ1) is 19.2. The van der Waals surface area contributed by atoms with Crippen LogP contribution in [0, 0.1) is 0 Å². The second-order valence-electron chi connectivity index (χ2n) is 5.64. The summed E-state index contributed by atoms with van der Waals surface area (Å²) in [6.07, 6.45) is 1.68. The lowest BCUT2D eigenvalue weighted by molar-refractivity contribution is -0.151. The molecule has 5 heteroatoms. The summed E-state index contributed by atoms with van der Waals surface area (Å²) < 4.78 is 9.23. The van der Waals surface area contributed by atoms with Gasteiger partial charge in [0.15, 0.2) is 0 Å². The molecule has 128 valence electrons. The average molecular weight is 321 g/mol. The van der Waals surface area contributed by atoms with Gasteiger partial charge in [0.25, 0.3) is 0 Å². The van der Waals surface area contributed by atoms with Crippen LogP contribution in [-0.2, 0) is 24.5 Å². The van der Waals surface area contributed by atoms with Crippen molar-refractivity contribution in [2.24, 2.45) is 0 Å². The second kappa shape index (κ2) is 8.67. The summed E-state index contributed by atoms with van der Waals surface area (Å²) in [5.41, 5.74) is 0.599. The van der Waals surface area contributed by atoms with Gasteiger partial charge in [0.1, 0.15) is 6.04 Å². The van der Waals surface area contributed by atoms with E-state index in [2.05, 4.69) is 9.47 Å². The van der Waals surface area contributed by atoms with E-state index in [0.717, 1.165) is 25.0 Å². The Hall–Kier alpha value is -1.88. The molecule has 0 heterocycles. The highest BCUT2D eigenvalue weighted by atomic mass is 16.5. The highest BCUT2D eigenvalue weighted by molar-refractivity contribution is 5.94. The molecule has 1 amide bonds. The number of amides is 1. The van der Waals surface area contributed by atoms with Crippen LogP contribution in [-0.4, -0.2) is 50.7 Å². The third-order valence-corrected chi connectivity index (χ3v) is 4.22. The molecule has 1 aliphatic carbocycles. The number of methoxy groups -OCH3 is 2. The fourth-order valence-corrected chi connectivity index (χ4v) is 2.35. The van der Waals surface area contributed by atoms with E-state index in [9.17, 15) is 9.59 Å². The zero-order valence-electron chi connectivity index (χ0n) is 14.7. The quantitative estimate of drug-likeness (QED) is 0.782. The van der Waals surface area contributed by atoms with Crippen LogP contribution < -0.4 is 0 Å². The Morgan fingerprint density at radius 2 is 1.74 bits per heavy atom. The summed E-state index contributed by atoms with van der Waals surface area (Å²) in [6.45, 7) is 4.46. The van der Waals surface area contributed by atoms with E-state index in [-0.39, 0.29) is 11.9 Å². The van der Waals surface area contributed by atoms with Gasteiger partial charge < -0.3 is 14.4 Å². The van der Waals surface area contributed by atoms with Crippen molar-refractivity contribution < 1.29 is 19.1 Å². The summed E-state index contributed by atoms with van der Waals surface area (Å²) in [4.78, 5) is 25.6. The molecule has 23 heavy (non-hydrogen) atoms. The van der Waals surface area contributed by atoms with Crippen molar-refractivity contribution in [2.75, 3.05) is 27.9 Å². The van der Waals surface area contributed by atoms with Gasteiger partial charge in [-0.3, -0.25) is 4.79 Å². The zero-order valence-corrected chi connectivity index (χ0v) is 14.7. The van der Waals surface area contributed by atoms with Crippen molar-refractivity contribution in [3.05, 3.63) is 35.9 Å². The van der Waals surface area contributed by atoms with Crippen LogP contribution in [0.15, 0.2) is 30.3 Å². The van der Waals surface area contributed by atoms with Crippen LogP contribution in [0.2, 0.25) is 0 Å². The minimum atomic E-state index is -0.557. The standard InChI is InChI=1S/C15H19NO3.C3H8O/c1-11(13(17)19-3)16(2)14(18)15(9-10-15)12-7-5-4-6-8-12;1-3-4-2/h4-8,11H,9-10H2,1-3H3;3H2,1-2H3/t11-;/m1./s1. The van der Waals surface area contributed by atoms with Crippen LogP contribution in [0.5, 0.6) is 0 Å². The third-order valence-electron chi connectivity index (χ3n) is 4.22. The first-order valence-electron chi connectivity index (χ1n) is 7.84. The first-order valence-corrected chi connectivity index (χ1v) is 7.84. The van der Waals surface area contributed by atoms with E-state index in [0.29, 0.717) is 0 Å². The Morgan fingerprint density at radius 3 is 2.13 bits per heavy atom. The fraction of sp³-hybridized carbons (Fsp3) is 0.556. The summed E-state index contributed by atoms with van der Waals surface area (Å²) >= 11 is 0. The van der Waals surface area contributed by atoms with Crippen LogP contribution in [0.25, 0.3) is 0 Å². The zero-order chi connectivity index (χ0) is 17.5. The minimum absolute atomic E-state index is 0.00315. The van der Waals surface area contributed by atoms with E-state index < -0.39 is 11.5 Å². The van der Waals surface area contributed by atoms with Crippen molar-refractivity contribution in [3.63, 3.8) is 0 Å². The molecule has 1 aliphatic rings. The molecule has 0 N–H and O–H groups in total. The maximum Gasteiger partial charge on any atom is 0.328 e. The lowest BCUT2D eigenvalue weighted by Crippen LogP contribution is -2.45. The number of nitrogens with zero attached hydrogens (tertiary/aromatic N) is 1. The molecule has 0 spiro atoms. The van der Waals surface area contributed by atoms with E-state index in [4.69, 9.17) is 0 Å². The third kappa shape index (κ3) is 4.55. The summed E-state index contributed by atoms with van der Waals surface area (Å²) in [5, 5.41) is 0. The van der Waals surface area contributed by atoms with Crippen LogP contribution in [0.4, 0.5) is 0 Å². The van der Waals surface area contributed by atoms with E-state index in [1.165, 1.54) is 12.0 Å². The Kier molecular flexibility index (Phi) is 7.23. The van der Waals surface area contributed by atoms with E-state index in [1.54, 1.807) is 21.1 Å². The van der Waals surface area contributed by atoms with Gasteiger partial charge in [0, 0.05) is 20.8 Å². The topological polar surface area (TPSA) is 55.8 Å². The number of ether oxygens (including phenoxy) is 2. The molecule has 1 saturated carbocycles. The summed E-state index contributed by atoms with van der Waals surface area (Å²) in [5.74, 6) is -0.392. The molecule has 0 radical (unpaired) electrons. The number of carbonyl (C=O) groups excluding carboxylic acids is 2. The molecule has 0 saturated heterocycles. The normalized spacial score (nSPS) is 15.7. The van der Waals surface area contributed by atoms with Crippen molar-refractivity contribution in [2.45, 2.75) is 38.1 Å². The maximum atomic E-state index is 12.6. The Balaban J connectivity index is 0.000000593. The lowest BCUT2D eigenvalue weighted by atomic mass is 9.94. The molecule has 2 rings (SSSR count). The van der Waals surface area contributed by atoms with Crippen LogP contribution >= 0.6 is 0 Å². The van der Waals surface area contributed by atoms with Gasteiger partial charge in [0.05, 0.1) is 12.5 Å². The van der Waals surface area contributed by atoms with Gasteiger partial charge in [-0.2, -0.15) is 0 Å². The molecule has 1 aromatic carbocycles. The molecule has 0 aliphatic heterocycles. The lowest BCUT2D eigenvalue weighted by Gasteiger charge is -2.27. The molecule has 5 nitrogen and oxygen atoms in total. The second-order valence-corrected chi connectivity index (χ2v) is 5.64. The van der Waals surface area contributed by atoms with Gasteiger partial charge >= 0.3 is 5.97 Å². The number of esters is 1. The number of rotatable bonds is 5. The summed E-state index contributed by atoms with van der Waals surface area (Å²) in [6, 6.07) is 9.20. The molecule has 0 aromatic heterocycles. The number of hydrogen-bond donors (Lipinski definition) is 0. The SMILES string of the molecule is CCOC.COC(=O)[C@@H](C)N(C)C(=O)C1(c2ccccc2)CC1. The smallest absolute Gasteiger partial charge is 0.328 e. The molecular weight excluding hydrogens is 294 g/mol. The van der Waals surface area contributed by atoms with E-state index >= 15 is 0 Å². The van der Waals surface area contributed by atoms with Crippen molar-refractivity contribution in [1.29, 1.82) is 0 Å². The monoisotopic (exact) mass is 321 g/mol. The molecule has 1 atom stereocenters. The molecule has 1 aromatic rings. The number of hydrogen-bond acceptors (Lipinski definition) is 4. The number of likely N-dealkylation sites (N-methyl/N-ethyl adjacent to an activating group) is 1. The van der Waals surface area contributed by atoms with Gasteiger partial charge in [-0.25, -0.2) is 4.79 Å². The van der Waals surface area contributed by atoms with Gasteiger partial charge in [-0.05, 0) is 32.3 Å². The van der Waals surface area contributed by atoms with Crippen LogP contribution in [0.1, 0.15) is 32.3 Å².